The van der Waals surface area contributed by atoms with E-state index >= 15 is 0 Å². The van der Waals surface area contributed by atoms with Crippen LogP contribution in [0.2, 0.25) is 0 Å². The van der Waals surface area contributed by atoms with E-state index in [2.05, 4.69) is 0 Å². The maximum atomic E-state index is 10.7. The highest BCUT2D eigenvalue weighted by molar-refractivity contribution is 5.69. The molecule has 2 atom stereocenters. The standard InChI is InChI=1S/C13H18O3/c1-10(11(2)13(14)15)8-16-9-12-6-4-3-5-7-12/h3-7,10-11H,8-9H2,1-2H3,(H,14,15)/t10-,11-/m1/s1. The molecule has 0 aromatic heterocycles. The number of carboxylic acids is 1. The van der Waals surface area contributed by atoms with Gasteiger partial charge in [0, 0.05) is 0 Å². The molecule has 0 aliphatic rings. The first kappa shape index (κ1) is 12.7. The van der Waals surface area contributed by atoms with Crippen molar-refractivity contribution in [2.45, 2.75) is 20.5 Å². The lowest BCUT2D eigenvalue weighted by atomic mass is 9.97. The molecule has 0 fully saturated rings. The van der Waals surface area contributed by atoms with E-state index in [1.807, 2.05) is 37.3 Å². The normalized spacial score (nSPS) is 14.4. The Balaban J connectivity index is 2.28. The minimum absolute atomic E-state index is 0.0289. The van der Waals surface area contributed by atoms with Gasteiger partial charge in [-0.2, -0.15) is 0 Å². The first-order valence-electron chi connectivity index (χ1n) is 5.45. The van der Waals surface area contributed by atoms with Crippen molar-refractivity contribution in [3.63, 3.8) is 0 Å². The van der Waals surface area contributed by atoms with E-state index in [1.165, 1.54) is 0 Å². The van der Waals surface area contributed by atoms with E-state index in [0.717, 1.165) is 5.56 Å². The quantitative estimate of drug-likeness (QED) is 0.804. The van der Waals surface area contributed by atoms with Crippen molar-refractivity contribution in [1.29, 1.82) is 0 Å². The molecule has 1 rings (SSSR count). The molecule has 16 heavy (non-hydrogen) atoms. The molecule has 1 aromatic carbocycles. The third-order valence-corrected chi connectivity index (χ3v) is 2.74. The molecule has 0 radical (unpaired) electrons. The van der Waals surface area contributed by atoms with Crippen LogP contribution in [0.15, 0.2) is 30.3 Å². The summed E-state index contributed by atoms with van der Waals surface area (Å²) in [4.78, 5) is 10.7. The van der Waals surface area contributed by atoms with Gasteiger partial charge >= 0.3 is 5.97 Å². The van der Waals surface area contributed by atoms with Crippen LogP contribution in [0.4, 0.5) is 0 Å². The highest BCUT2D eigenvalue weighted by Gasteiger charge is 2.19. The average Bonchev–Trinajstić information content (AvgIpc) is 2.29. The summed E-state index contributed by atoms with van der Waals surface area (Å²) in [7, 11) is 0. The Kier molecular flexibility index (Phi) is 4.99. The zero-order valence-corrected chi connectivity index (χ0v) is 9.72. The fourth-order valence-corrected chi connectivity index (χ4v) is 1.32. The number of benzene rings is 1. The van der Waals surface area contributed by atoms with E-state index < -0.39 is 5.97 Å². The Morgan fingerprint density at radius 3 is 2.50 bits per heavy atom. The third kappa shape index (κ3) is 4.03. The Labute approximate surface area is 96.1 Å². The summed E-state index contributed by atoms with van der Waals surface area (Å²) in [5, 5.41) is 8.81. The Morgan fingerprint density at radius 1 is 1.31 bits per heavy atom. The summed E-state index contributed by atoms with van der Waals surface area (Å²) in [5.74, 6) is -1.10. The molecule has 3 nitrogen and oxygen atoms in total. The first-order chi connectivity index (χ1) is 7.61. The van der Waals surface area contributed by atoms with Gasteiger partial charge in [-0.05, 0) is 11.5 Å². The summed E-state index contributed by atoms with van der Waals surface area (Å²) in [6.07, 6.45) is 0. The van der Waals surface area contributed by atoms with Gasteiger partial charge in [-0.15, -0.1) is 0 Å². The summed E-state index contributed by atoms with van der Waals surface area (Å²) in [5.41, 5.74) is 1.11. The monoisotopic (exact) mass is 222 g/mol. The summed E-state index contributed by atoms with van der Waals surface area (Å²) < 4.78 is 5.49. The van der Waals surface area contributed by atoms with E-state index in [9.17, 15) is 4.79 Å². The number of carbonyl (C=O) groups is 1. The molecular weight excluding hydrogens is 204 g/mol. The fraction of sp³-hybridized carbons (Fsp3) is 0.462. The first-order valence-corrected chi connectivity index (χ1v) is 5.45. The third-order valence-electron chi connectivity index (χ3n) is 2.74. The Morgan fingerprint density at radius 2 is 1.94 bits per heavy atom. The minimum atomic E-state index is -0.768. The Bertz CT molecular complexity index is 321. The molecule has 0 aliphatic heterocycles. The van der Waals surface area contributed by atoms with Crippen molar-refractivity contribution < 1.29 is 14.6 Å². The van der Waals surface area contributed by atoms with Gasteiger partial charge in [0.15, 0.2) is 0 Å². The lowest BCUT2D eigenvalue weighted by Gasteiger charge is -2.15. The maximum Gasteiger partial charge on any atom is 0.306 e. The van der Waals surface area contributed by atoms with Crippen molar-refractivity contribution in [3.8, 4) is 0 Å². The summed E-state index contributed by atoms with van der Waals surface area (Å²) >= 11 is 0. The van der Waals surface area contributed by atoms with Gasteiger partial charge in [-0.1, -0.05) is 44.2 Å². The molecule has 0 heterocycles. The fourth-order valence-electron chi connectivity index (χ4n) is 1.32. The Hall–Kier alpha value is -1.35. The van der Waals surface area contributed by atoms with E-state index in [4.69, 9.17) is 9.84 Å². The van der Waals surface area contributed by atoms with Crippen LogP contribution in [0.5, 0.6) is 0 Å². The van der Waals surface area contributed by atoms with E-state index in [1.54, 1.807) is 6.92 Å². The molecule has 1 N–H and O–H groups in total. The van der Waals surface area contributed by atoms with Crippen molar-refractivity contribution in [2.24, 2.45) is 11.8 Å². The molecule has 0 amide bonds. The topological polar surface area (TPSA) is 46.5 Å². The lowest BCUT2D eigenvalue weighted by molar-refractivity contribution is -0.143. The van der Waals surface area contributed by atoms with Crippen molar-refractivity contribution in [2.75, 3.05) is 6.61 Å². The van der Waals surface area contributed by atoms with Crippen LogP contribution < -0.4 is 0 Å². The molecule has 0 saturated heterocycles. The van der Waals surface area contributed by atoms with Gasteiger partial charge in [0.2, 0.25) is 0 Å². The van der Waals surface area contributed by atoms with Crippen LogP contribution in [0.25, 0.3) is 0 Å². The molecule has 1 aromatic rings. The van der Waals surface area contributed by atoms with Crippen molar-refractivity contribution in [1.82, 2.24) is 0 Å². The van der Waals surface area contributed by atoms with Gasteiger partial charge in [0.05, 0.1) is 19.1 Å². The van der Waals surface area contributed by atoms with Crippen molar-refractivity contribution in [3.05, 3.63) is 35.9 Å². The number of carboxylic acid groups (broad SMARTS) is 1. The second-order valence-corrected chi connectivity index (χ2v) is 4.10. The number of hydrogen-bond donors (Lipinski definition) is 1. The van der Waals surface area contributed by atoms with Crippen molar-refractivity contribution >= 4 is 5.97 Å². The van der Waals surface area contributed by atoms with Crippen LogP contribution in [0.3, 0.4) is 0 Å². The zero-order chi connectivity index (χ0) is 12.0. The molecule has 0 aliphatic carbocycles. The largest absolute Gasteiger partial charge is 0.481 e. The highest BCUT2D eigenvalue weighted by Crippen LogP contribution is 2.12. The predicted octanol–water partition coefficient (Wildman–Crippen LogP) is 2.56. The van der Waals surface area contributed by atoms with Crippen LogP contribution >= 0.6 is 0 Å². The maximum absolute atomic E-state index is 10.7. The van der Waals surface area contributed by atoms with Gasteiger partial charge in [-0.3, -0.25) is 4.79 Å². The van der Waals surface area contributed by atoms with Gasteiger partial charge in [0.25, 0.3) is 0 Å². The van der Waals surface area contributed by atoms with Gasteiger partial charge < -0.3 is 9.84 Å². The molecule has 0 spiro atoms. The van der Waals surface area contributed by atoms with Crippen LogP contribution in [0, 0.1) is 11.8 Å². The second-order valence-electron chi connectivity index (χ2n) is 4.10. The number of ether oxygens (including phenoxy) is 1. The second kappa shape index (κ2) is 6.28. The number of aliphatic carboxylic acids is 1. The van der Waals surface area contributed by atoms with Crippen LogP contribution in [0.1, 0.15) is 19.4 Å². The molecule has 88 valence electrons. The van der Waals surface area contributed by atoms with E-state index in [-0.39, 0.29) is 11.8 Å². The zero-order valence-electron chi connectivity index (χ0n) is 9.72. The van der Waals surface area contributed by atoms with Crippen LogP contribution in [-0.2, 0) is 16.1 Å². The summed E-state index contributed by atoms with van der Waals surface area (Å²) in [6.45, 7) is 4.61. The van der Waals surface area contributed by atoms with E-state index in [0.29, 0.717) is 13.2 Å². The molecule has 3 heteroatoms. The summed E-state index contributed by atoms with van der Waals surface area (Å²) in [6, 6.07) is 9.86. The highest BCUT2D eigenvalue weighted by atomic mass is 16.5. The molecule has 0 unspecified atom stereocenters. The van der Waals surface area contributed by atoms with Gasteiger partial charge in [-0.25, -0.2) is 0 Å². The lowest BCUT2D eigenvalue weighted by Crippen LogP contribution is -2.22. The SMILES string of the molecule is C[C@H](COCc1ccccc1)[C@@H](C)C(=O)O. The molecular formula is C13H18O3. The van der Waals surface area contributed by atoms with Gasteiger partial charge in [0.1, 0.15) is 0 Å². The molecule has 0 bridgehead atoms. The predicted molar refractivity (Wildman–Crippen MR) is 62.1 cm³/mol. The molecule has 0 saturated carbocycles. The number of rotatable bonds is 6. The smallest absolute Gasteiger partial charge is 0.306 e. The number of hydrogen-bond acceptors (Lipinski definition) is 2. The van der Waals surface area contributed by atoms with Crippen LogP contribution in [-0.4, -0.2) is 17.7 Å². The average molecular weight is 222 g/mol. The minimum Gasteiger partial charge on any atom is -0.481 e.